The van der Waals surface area contributed by atoms with Crippen LogP contribution < -0.4 is 10.2 Å². The molecule has 2 rings (SSSR count). The second-order valence-corrected chi connectivity index (χ2v) is 5.12. The quantitative estimate of drug-likeness (QED) is 0.906. The lowest BCUT2D eigenvalue weighted by Gasteiger charge is -2.36. The number of carbonyl (C=O) groups is 1. The Morgan fingerprint density at radius 2 is 2.41 bits per heavy atom. The molecule has 5 heteroatoms. The van der Waals surface area contributed by atoms with Crippen LogP contribution >= 0.6 is 15.9 Å². The first kappa shape index (κ1) is 12.4. The van der Waals surface area contributed by atoms with Crippen molar-refractivity contribution in [1.82, 2.24) is 10.3 Å². The van der Waals surface area contributed by atoms with Gasteiger partial charge in [0.2, 0.25) is 5.91 Å². The summed E-state index contributed by atoms with van der Waals surface area (Å²) in [7, 11) is 0. The highest BCUT2D eigenvalue weighted by Gasteiger charge is 2.29. The first-order valence-corrected chi connectivity index (χ1v) is 6.59. The van der Waals surface area contributed by atoms with Gasteiger partial charge in [-0.15, -0.1) is 0 Å². The van der Waals surface area contributed by atoms with Crippen LogP contribution in [-0.2, 0) is 4.79 Å². The zero-order valence-electron chi connectivity index (χ0n) is 10.0. The molecule has 1 aromatic heterocycles. The van der Waals surface area contributed by atoms with E-state index in [4.69, 9.17) is 0 Å². The fourth-order valence-corrected chi connectivity index (χ4v) is 2.65. The average molecular weight is 298 g/mol. The van der Waals surface area contributed by atoms with Crippen molar-refractivity contribution in [3.8, 4) is 0 Å². The summed E-state index contributed by atoms with van der Waals surface area (Å²) in [5.41, 5.74) is 1.09. The standard InChI is InChI=1S/C12H16BrN3O/c1-3-10-12(17)14-4-5-16(10)11-8(2)6-9(13)7-15-11/h6-7,10H,3-5H2,1-2H3,(H,14,17). The van der Waals surface area contributed by atoms with Crippen molar-refractivity contribution in [3.05, 3.63) is 22.3 Å². The van der Waals surface area contributed by atoms with Crippen molar-refractivity contribution >= 4 is 27.7 Å². The third-order valence-corrected chi connectivity index (χ3v) is 3.44. The molecule has 1 fully saturated rings. The zero-order chi connectivity index (χ0) is 12.4. The van der Waals surface area contributed by atoms with Crippen molar-refractivity contribution in [2.24, 2.45) is 0 Å². The molecule has 2 heterocycles. The van der Waals surface area contributed by atoms with Gasteiger partial charge in [-0.1, -0.05) is 6.92 Å². The van der Waals surface area contributed by atoms with Gasteiger partial charge in [-0.2, -0.15) is 0 Å². The van der Waals surface area contributed by atoms with Crippen LogP contribution in [0.15, 0.2) is 16.7 Å². The molecule has 0 saturated carbocycles. The van der Waals surface area contributed by atoms with Crippen LogP contribution in [0.4, 0.5) is 5.82 Å². The molecule has 4 nitrogen and oxygen atoms in total. The van der Waals surface area contributed by atoms with E-state index in [0.29, 0.717) is 6.54 Å². The van der Waals surface area contributed by atoms with Gasteiger partial charge in [0.1, 0.15) is 11.9 Å². The molecule has 1 saturated heterocycles. The summed E-state index contributed by atoms with van der Waals surface area (Å²) in [6.07, 6.45) is 2.57. The van der Waals surface area contributed by atoms with E-state index in [-0.39, 0.29) is 11.9 Å². The van der Waals surface area contributed by atoms with E-state index >= 15 is 0 Å². The summed E-state index contributed by atoms with van der Waals surface area (Å²) in [4.78, 5) is 18.3. The predicted molar refractivity (Wildman–Crippen MR) is 71.1 cm³/mol. The largest absolute Gasteiger partial charge is 0.353 e. The van der Waals surface area contributed by atoms with Gasteiger partial charge in [0.25, 0.3) is 0 Å². The molecule has 0 bridgehead atoms. The number of aryl methyl sites for hydroxylation is 1. The minimum absolute atomic E-state index is 0.0999. The summed E-state index contributed by atoms with van der Waals surface area (Å²) >= 11 is 3.40. The van der Waals surface area contributed by atoms with Crippen molar-refractivity contribution in [2.45, 2.75) is 26.3 Å². The van der Waals surface area contributed by atoms with Crippen molar-refractivity contribution in [2.75, 3.05) is 18.0 Å². The van der Waals surface area contributed by atoms with E-state index in [1.807, 2.05) is 19.9 Å². The number of pyridine rings is 1. The number of halogens is 1. The summed E-state index contributed by atoms with van der Waals surface area (Å²) in [5, 5.41) is 2.90. The summed E-state index contributed by atoms with van der Waals surface area (Å²) in [6.45, 7) is 5.55. The maximum absolute atomic E-state index is 11.8. The van der Waals surface area contributed by atoms with E-state index in [9.17, 15) is 4.79 Å². The maximum atomic E-state index is 11.8. The Morgan fingerprint density at radius 1 is 1.65 bits per heavy atom. The molecular weight excluding hydrogens is 282 g/mol. The second-order valence-electron chi connectivity index (χ2n) is 4.20. The van der Waals surface area contributed by atoms with Crippen LogP contribution in [0.1, 0.15) is 18.9 Å². The molecule has 1 atom stereocenters. The highest BCUT2D eigenvalue weighted by atomic mass is 79.9. The molecule has 0 radical (unpaired) electrons. The fourth-order valence-electron chi connectivity index (χ4n) is 2.21. The van der Waals surface area contributed by atoms with E-state index in [1.165, 1.54) is 0 Å². The normalized spacial score (nSPS) is 20.3. The van der Waals surface area contributed by atoms with Gasteiger partial charge in [-0.25, -0.2) is 4.98 Å². The lowest BCUT2D eigenvalue weighted by atomic mass is 10.1. The second kappa shape index (κ2) is 5.04. The van der Waals surface area contributed by atoms with Crippen LogP contribution in [0.25, 0.3) is 0 Å². The smallest absolute Gasteiger partial charge is 0.242 e. The SMILES string of the molecule is CCC1C(=O)NCCN1c1ncc(Br)cc1C. The van der Waals surface area contributed by atoms with E-state index in [2.05, 4.69) is 31.1 Å². The van der Waals surface area contributed by atoms with Crippen molar-refractivity contribution < 1.29 is 4.79 Å². The summed E-state index contributed by atoms with van der Waals surface area (Å²) < 4.78 is 0.966. The molecular formula is C12H16BrN3O. The van der Waals surface area contributed by atoms with Gasteiger partial charge >= 0.3 is 0 Å². The first-order chi connectivity index (χ1) is 8.13. The van der Waals surface area contributed by atoms with Crippen LogP contribution in [0.5, 0.6) is 0 Å². The van der Waals surface area contributed by atoms with Gasteiger partial charge in [0.05, 0.1) is 0 Å². The van der Waals surface area contributed by atoms with Crippen LogP contribution in [0.3, 0.4) is 0 Å². The number of piperazine rings is 1. The molecule has 1 unspecified atom stereocenters. The van der Waals surface area contributed by atoms with Gasteiger partial charge in [-0.05, 0) is 40.9 Å². The van der Waals surface area contributed by atoms with Crippen LogP contribution in [-0.4, -0.2) is 30.0 Å². The summed E-state index contributed by atoms with van der Waals surface area (Å²) in [6, 6.07) is 1.93. The lowest BCUT2D eigenvalue weighted by Crippen LogP contribution is -2.55. The number of aromatic nitrogens is 1. The van der Waals surface area contributed by atoms with E-state index in [0.717, 1.165) is 28.8 Å². The number of anilines is 1. The third kappa shape index (κ3) is 2.44. The van der Waals surface area contributed by atoms with Crippen LogP contribution in [0, 0.1) is 6.92 Å². The van der Waals surface area contributed by atoms with Gasteiger partial charge in [-0.3, -0.25) is 4.79 Å². The highest BCUT2D eigenvalue weighted by molar-refractivity contribution is 9.10. The average Bonchev–Trinajstić information content (AvgIpc) is 2.29. The molecule has 0 spiro atoms. The third-order valence-electron chi connectivity index (χ3n) is 3.01. The number of nitrogens with zero attached hydrogens (tertiary/aromatic N) is 2. The Kier molecular flexibility index (Phi) is 3.66. The minimum Gasteiger partial charge on any atom is -0.353 e. The minimum atomic E-state index is -0.101. The van der Waals surface area contributed by atoms with E-state index < -0.39 is 0 Å². The zero-order valence-corrected chi connectivity index (χ0v) is 11.6. The Hall–Kier alpha value is -1.10. The van der Waals surface area contributed by atoms with Crippen molar-refractivity contribution in [3.63, 3.8) is 0 Å². The topological polar surface area (TPSA) is 45.2 Å². The fraction of sp³-hybridized carbons (Fsp3) is 0.500. The van der Waals surface area contributed by atoms with Gasteiger partial charge in [0.15, 0.2) is 0 Å². The molecule has 1 N–H and O–H groups in total. The molecule has 1 amide bonds. The first-order valence-electron chi connectivity index (χ1n) is 5.80. The van der Waals surface area contributed by atoms with Gasteiger partial charge < -0.3 is 10.2 Å². The molecule has 0 aromatic carbocycles. The Morgan fingerprint density at radius 3 is 3.06 bits per heavy atom. The molecule has 1 aliphatic rings. The van der Waals surface area contributed by atoms with Gasteiger partial charge in [0, 0.05) is 23.8 Å². The van der Waals surface area contributed by atoms with E-state index in [1.54, 1.807) is 6.20 Å². The number of rotatable bonds is 2. The molecule has 17 heavy (non-hydrogen) atoms. The molecule has 0 aliphatic carbocycles. The molecule has 1 aliphatic heterocycles. The Bertz CT molecular complexity index is 436. The Labute approximate surface area is 110 Å². The van der Waals surface area contributed by atoms with Crippen LogP contribution in [0.2, 0.25) is 0 Å². The summed E-state index contributed by atoms with van der Waals surface area (Å²) in [5.74, 6) is 1.01. The number of amides is 1. The monoisotopic (exact) mass is 297 g/mol. The highest BCUT2D eigenvalue weighted by Crippen LogP contribution is 2.24. The number of hydrogen-bond donors (Lipinski definition) is 1. The number of hydrogen-bond acceptors (Lipinski definition) is 3. The van der Waals surface area contributed by atoms with Crippen molar-refractivity contribution in [1.29, 1.82) is 0 Å². The molecule has 1 aromatic rings. The number of carbonyl (C=O) groups excluding carboxylic acids is 1. The number of nitrogens with one attached hydrogen (secondary N) is 1. The Balaban J connectivity index is 2.33. The lowest BCUT2D eigenvalue weighted by molar-refractivity contribution is -0.123. The predicted octanol–water partition coefficient (Wildman–Crippen LogP) is 1.87. The maximum Gasteiger partial charge on any atom is 0.242 e. The molecule has 92 valence electrons.